The first-order chi connectivity index (χ1) is 8.58. The van der Waals surface area contributed by atoms with Crippen molar-refractivity contribution in [2.24, 2.45) is 11.8 Å². The van der Waals surface area contributed by atoms with Crippen LogP contribution in [0.1, 0.15) is 20.3 Å². The molecule has 1 saturated heterocycles. The molecule has 0 unspecified atom stereocenters. The molecule has 1 fully saturated rings. The van der Waals surface area contributed by atoms with Crippen molar-refractivity contribution in [1.82, 2.24) is 5.32 Å². The molecule has 1 aliphatic heterocycles. The number of hydrogen-bond donors (Lipinski definition) is 1. The van der Waals surface area contributed by atoms with E-state index in [1.54, 1.807) is 12.1 Å². The predicted molar refractivity (Wildman–Crippen MR) is 76.7 cm³/mol. The van der Waals surface area contributed by atoms with Crippen LogP contribution in [0.4, 0.5) is 0 Å². The van der Waals surface area contributed by atoms with Crippen molar-refractivity contribution in [2.75, 3.05) is 13.1 Å². The van der Waals surface area contributed by atoms with E-state index >= 15 is 0 Å². The summed E-state index contributed by atoms with van der Waals surface area (Å²) in [6.07, 6.45) is 1.39. The molecule has 100 valence electrons. The number of rotatable bonds is 4. The molecule has 18 heavy (non-hydrogen) atoms. The normalized spacial score (nSPS) is 21.3. The third-order valence-corrected chi connectivity index (χ3v) is 4.12. The summed E-state index contributed by atoms with van der Waals surface area (Å²) in [5.41, 5.74) is 0. The minimum absolute atomic E-state index is 0.220. The number of nitrogens with one attached hydrogen (secondary N) is 1. The number of benzene rings is 1. The van der Waals surface area contributed by atoms with Gasteiger partial charge in [-0.3, -0.25) is 0 Å². The number of halogens is 2. The SMILES string of the molecule is CC(C)[C@H](Oc1ccc(Cl)c(Cl)c1)[C@@H]1CCNC1. The van der Waals surface area contributed by atoms with Crippen LogP contribution in [0.25, 0.3) is 0 Å². The molecule has 4 heteroatoms. The molecular formula is C14H19Cl2NO. The lowest BCUT2D eigenvalue weighted by molar-refractivity contribution is 0.0974. The first-order valence-electron chi connectivity index (χ1n) is 6.40. The van der Waals surface area contributed by atoms with Crippen molar-refractivity contribution in [1.29, 1.82) is 0 Å². The second kappa shape index (κ2) is 6.14. The lowest BCUT2D eigenvalue weighted by atomic mass is 9.92. The quantitative estimate of drug-likeness (QED) is 0.904. The zero-order chi connectivity index (χ0) is 13.1. The van der Waals surface area contributed by atoms with Gasteiger partial charge in [0, 0.05) is 18.5 Å². The lowest BCUT2D eigenvalue weighted by Crippen LogP contribution is -2.33. The average Bonchev–Trinajstić information content (AvgIpc) is 2.83. The third-order valence-electron chi connectivity index (χ3n) is 3.38. The number of hydrogen-bond acceptors (Lipinski definition) is 2. The van der Waals surface area contributed by atoms with Crippen LogP contribution in [0.5, 0.6) is 5.75 Å². The predicted octanol–water partition coefficient (Wildman–Crippen LogP) is 4.01. The van der Waals surface area contributed by atoms with Gasteiger partial charge < -0.3 is 10.1 Å². The van der Waals surface area contributed by atoms with Crippen LogP contribution in [0.3, 0.4) is 0 Å². The molecule has 1 heterocycles. The Balaban J connectivity index is 2.10. The Labute approximate surface area is 119 Å². The minimum Gasteiger partial charge on any atom is -0.490 e. The molecule has 1 aromatic rings. The molecular weight excluding hydrogens is 269 g/mol. The van der Waals surface area contributed by atoms with Gasteiger partial charge in [0.2, 0.25) is 0 Å². The first kappa shape index (κ1) is 14.0. The highest BCUT2D eigenvalue weighted by Gasteiger charge is 2.29. The highest BCUT2D eigenvalue weighted by atomic mass is 35.5. The Bertz CT molecular complexity index is 403. The van der Waals surface area contributed by atoms with Crippen molar-refractivity contribution < 1.29 is 4.74 Å². The van der Waals surface area contributed by atoms with Crippen LogP contribution in [0, 0.1) is 11.8 Å². The summed E-state index contributed by atoms with van der Waals surface area (Å²) >= 11 is 11.9. The van der Waals surface area contributed by atoms with Crippen LogP contribution in [-0.2, 0) is 0 Å². The van der Waals surface area contributed by atoms with Crippen LogP contribution >= 0.6 is 23.2 Å². The van der Waals surface area contributed by atoms with Crippen molar-refractivity contribution in [3.8, 4) is 5.75 Å². The van der Waals surface area contributed by atoms with Crippen LogP contribution in [-0.4, -0.2) is 19.2 Å². The van der Waals surface area contributed by atoms with E-state index in [-0.39, 0.29) is 6.10 Å². The van der Waals surface area contributed by atoms with Gasteiger partial charge >= 0.3 is 0 Å². The largest absolute Gasteiger partial charge is 0.490 e. The van der Waals surface area contributed by atoms with E-state index < -0.39 is 0 Å². The lowest BCUT2D eigenvalue weighted by Gasteiger charge is -2.27. The van der Waals surface area contributed by atoms with Crippen LogP contribution in [0.15, 0.2) is 18.2 Å². The minimum atomic E-state index is 0.220. The van der Waals surface area contributed by atoms with Gasteiger partial charge in [0.05, 0.1) is 10.0 Å². The van der Waals surface area contributed by atoms with Gasteiger partial charge in [0.1, 0.15) is 11.9 Å². The van der Waals surface area contributed by atoms with Gasteiger partial charge in [-0.1, -0.05) is 37.0 Å². The van der Waals surface area contributed by atoms with Gasteiger partial charge in [-0.05, 0) is 31.0 Å². The second-order valence-corrected chi connectivity index (χ2v) is 5.97. The second-order valence-electron chi connectivity index (χ2n) is 5.16. The molecule has 2 atom stereocenters. The first-order valence-corrected chi connectivity index (χ1v) is 7.16. The average molecular weight is 288 g/mol. The van der Waals surface area contributed by atoms with E-state index in [1.165, 1.54) is 6.42 Å². The Morgan fingerprint density at radius 3 is 2.61 bits per heavy atom. The third kappa shape index (κ3) is 3.31. The maximum atomic E-state index is 6.11. The molecule has 0 aliphatic carbocycles. The Morgan fingerprint density at radius 2 is 2.06 bits per heavy atom. The summed E-state index contributed by atoms with van der Waals surface area (Å²) in [6, 6.07) is 5.46. The van der Waals surface area contributed by atoms with Crippen molar-refractivity contribution in [3.63, 3.8) is 0 Å². The van der Waals surface area contributed by atoms with Gasteiger partial charge in [-0.15, -0.1) is 0 Å². The number of ether oxygens (including phenoxy) is 1. The van der Waals surface area contributed by atoms with Gasteiger partial charge in [0.15, 0.2) is 0 Å². The fourth-order valence-corrected chi connectivity index (χ4v) is 2.73. The highest BCUT2D eigenvalue weighted by molar-refractivity contribution is 6.42. The topological polar surface area (TPSA) is 21.3 Å². The van der Waals surface area contributed by atoms with E-state index in [1.807, 2.05) is 6.07 Å². The van der Waals surface area contributed by atoms with E-state index in [0.717, 1.165) is 18.8 Å². The van der Waals surface area contributed by atoms with Crippen molar-refractivity contribution >= 4 is 23.2 Å². The summed E-state index contributed by atoms with van der Waals surface area (Å²) in [4.78, 5) is 0. The monoisotopic (exact) mass is 287 g/mol. The zero-order valence-electron chi connectivity index (χ0n) is 10.7. The summed E-state index contributed by atoms with van der Waals surface area (Å²) in [6.45, 7) is 6.50. The molecule has 2 rings (SSSR count). The summed E-state index contributed by atoms with van der Waals surface area (Å²) < 4.78 is 6.11. The molecule has 2 nitrogen and oxygen atoms in total. The standard InChI is InChI=1S/C14H19Cl2NO/c1-9(2)14(10-5-6-17-8-10)18-11-3-4-12(15)13(16)7-11/h3-4,7,9-10,14,17H,5-6,8H2,1-2H3/t10-,14+/m1/s1. The van der Waals surface area contributed by atoms with E-state index in [0.29, 0.717) is 21.9 Å². The molecule has 0 bridgehead atoms. The summed E-state index contributed by atoms with van der Waals surface area (Å²) in [5.74, 6) is 1.85. The Kier molecular flexibility index (Phi) is 4.77. The van der Waals surface area contributed by atoms with Crippen molar-refractivity contribution in [3.05, 3.63) is 28.2 Å². The highest BCUT2D eigenvalue weighted by Crippen LogP contribution is 2.30. The maximum absolute atomic E-state index is 6.11. The van der Waals surface area contributed by atoms with Crippen LogP contribution < -0.4 is 10.1 Å². The summed E-state index contributed by atoms with van der Waals surface area (Å²) in [5, 5.41) is 4.49. The molecule has 1 aromatic carbocycles. The van der Waals surface area contributed by atoms with Gasteiger partial charge in [-0.25, -0.2) is 0 Å². The molecule has 0 radical (unpaired) electrons. The molecule has 0 amide bonds. The van der Waals surface area contributed by atoms with E-state index in [9.17, 15) is 0 Å². The molecule has 0 spiro atoms. The smallest absolute Gasteiger partial charge is 0.121 e. The van der Waals surface area contributed by atoms with Crippen molar-refractivity contribution in [2.45, 2.75) is 26.4 Å². The molecule has 0 saturated carbocycles. The van der Waals surface area contributed by atoms with Gasteiger partial charge in [0.25, 0.3) is 0 Å². The van der Waals surface area contributed by atoms with Crippen LogP contribution in [0.2, 0.25) is 10.0 Å². The Morgan fingerprint density at radius 1 is 1.28 bits per heavy atom. The van der Waals surface area contributed by atoms with Gasteiger partial charge in [-0.2, -0.15) is 0 Å². The van der Waals surface area contributed by atoms with E-state index in [4.69, 9.17) is 27.9 Å². The molecule has 1 N–H and O–H groups in total. The fraction of sp³-hybridized carbons (Fsp3) is 0.571. The summed E-state index contributed by atoms with van der Waals surface area (Å²) in [7, 11) is 0. The molecule has 0 aromatic heterocycles. The Hall–Kier alpha value is -0.440. The zero-order valence-corrected chi connectivity index (χ0v) is 12.3. The fourth-order valence-electron chi connectivity index (χ4n) is 2.44. The maximum Gasteiger partial charge on any atom is 0.121 e. The molecule has 1 aliphatic rings. The van der Waals surface area contributed by atoms with E-state index in [2.05, 4.69) is 19.2 Å².